The van der Waals surface area contributed by atoms with Gasteiger partial charge in [-0.1, -0.05) is 12.8 Å². The van der Waals surface area contributed by atoms with Crippen LogP contribution in [0.2, 0.25) is 0 Å². The highest BCUT2D eigenvalue weighted by molar-refractivity contribution is 5.37. The fourth-order valence-electron chi connectivity index (χ4n) is 6.75. The van der Waals surface area contributed by atoms with Crippen molar-refractivity contribution < 1.29 is 0 Å². The Hall–Kier alpha value is -1.52. The Morgan fingerprint density at radius 2 is 1.44 bits per heavy atom. The highest BCUT2D eigenvalue weighted by Gasteiger charge is 2.53. The van der Waals surface area contributed by atoms with Gasteiger partial charge >= 0.3 is 5.69 Å². The number of anilines is 1. The molecule has 5 fully saturated rings. The lowest BCUT2D eigenvalue weighted by molar-refractivity contribution is -0.0470. The molecule has 6 rings (SSSR count). The van der Waals surface area contributed by atoms with Crippen LogP contribution in [0.4, 0.5) is 5.82 Å². The average Bonchev–Trinajstić information content (AvgIpc) is 2.81. The van der Waals surface area contributed by atoms with Crippen molar-refractivity contribution in [3.05, 3.63) is 26.9 Å². The second kappa shape index (κ2) is 5.75. The zero-order valence-electron chi connectivity index (χ0n) is 15.0. The molecule has 5 nitrogen and oxygen atoms in total. The largest absolute Gasteiger partial charge is 0.358 e. The molecular weight excluding hydrogens is 314 g/mol. The van der Waals surface area contributed by atoms with E-state index in [0.717, 1.165) is 68.8 Å². The summed E-state index contributed by atoms with van der Waals surface area (Å²) < 4.78 is 1.62. The molecule has 0 amide bonds. The summed E-state index contributed by atoms with van der Waals surface area (Å²) in [7, 11) is 0. The molecule has 0 spiro atoms. The van der Waals surface area contributed by atoms with E-state index in [2.05, 4.69) is 9.88 Å². The molecular formula is C20H29N3O2. The second-order valence-corrected chi connectivity index (χ2v) is 9.18. The third-order valence-electron chi connectivity index (χ3n) is 7.35. The maximum absolute atomic E-state index is 13.0. The van der Waals surface area contributed by atoms with Crippen molar-refractivity contribution >= 4 is 5.82 Å². The second-order valence-electron chi connectivity index (χ2n) is 9.18. The van der Waals surface area contributed by atoms with Crippen LogP contribution in [0.25, 0.3) is 0 Å². The van der Waals surface area contributed by atoms with Crippen molar-refractivity contribution in [2.75, 3.05) is 18.0 Å². The molecule has 0 aromatic carbocycles. The Bertz CT molecular complexity index is 703. The number of hydrogen-bond donors (Lipinski definition) is 1. The summed E-state index contributed by atoms with van der Waals surface area (Å²) in [6.45, 7) is 1.88. The van der Waals surface area contributed by atoms with E-state index >= 15 is 0 Å². The summed E-state index contributed by atoms with van der Waals surface area (Å²) in [4.78, 5) is 31.3. The lowest BCUT2D eigenvalue weighted by Crippen LogP contribution is -2.58. The van der Waals surface area contributed by atoms with Crippen LogP contribution >= 0.6 is 0 Å². The first-order valence-electron chi connectivity index (χ1n) is 10.2. The lowest BCUT2D eigenvalue weighted by Gasteiger charge is -2.56. The zero-order valence-corrected chi connectivity index (χ0v) is 15.0. The van der Waals surface area contributed by atoms with Gasteiger partial charge in [-0.15, -0.1) is 0 Å². The molecule has 4 aliphatic carbocycles. The minimum Gasteiger partial charge on any atom is -0.358 e. The SMILES string of the molecule is O=c1cc(N2CCCCCC2)[nH]c(=O)n1C12CC3CC(CC(C3)C1)C2. The first kappa shape index (κ1) is 15.7. The van der Waals surface area contributed by atoms with Crippen LogP contribution in [-0.4, -0.2) is 22.6 Å². The number of aromatic nitrogens is 2. The molecule has 1 aromatic rings. The van der Waals surface area contributed by atoms with E-state index in [1.54, 1.807) is 10.6 Å². The van der Waals surface area contributed by atoms with E-state index < -0.39 is 0 Å². The molecule has 5 heteroatoms. The summed E-state index contributed by atoms with van der Waals surface area (Å²) in [5.74, 6) is 2.91. The van der Waals surface area contributed by atoms with Gasteiger partial charge in [-0.2, -0.15) is 0 Å². The van der Waals surface area contributed by atoms with Crippen molar-refractivity contribution in [1.29, 1.82) is 0 Å². The number of nitrogens with zero attached hydrogens (tertiary/aromatic N) is 2. The van der Waals surface area contributed by atoms with Crippen molar-refractivity contribution in [3.63, 3.8) is 0 Å². The van der Waals surface area contributed by atoms with Gasteiger partial charge in [0.1, 0.15) is 5.82 Å². The quantitative estimate of drug-likeness (QED) is 0.898. The third kappa shape index (κ3) is 2.58. The minimum atomic E-state index is -0.198. The minimum absolute atomic E-state index is 0.0788. The van der Waals surface area contributed by atoms with E-state index in [9.17, 15) is 9.59 Å². The normalized spacial score (nSPS) is 37.3. The van der Waals surface area contributed by atoms with Crippen molar-refractivity contribution in [2.24, 2.45) is 17.8 Å². The number of rotatable bonds is 2. The summed E-state index contributed by atoms with van der Waals surface area (Å²) in [6, 6.07) is 1.70. The van der Waals surface area contributed by atoms with Gasteiger partial charge in [0.05, 0.1) is 5.54 Å². The number of aromatic amines is 1. The predicted molar refractivity (Wildman–Crippen MR) is 98.1 cm³/mol. The van der Waals surface area contributed by atoms with Gasteiger partial charge in [0.15, 0.2) is 0 Å². The van der Waals surface area contributed by atoms with Crippen LogP contribution in [0.5, 0.6) is 0 Å². The average molecular weight is 343 g/mol. The predicted octanol–water partition coefficient (Wildman–Crippen LogP) is 2.84. The van der Waals surface area contributed by atoms with Crippen LogP contribution < -0.4 is 16.1 Å². The van der Waals surface area contributed by atoms with Crippen molar-refractivity contribution in [2.45, 2.75) is 69.7 Å². The van der Waals surface area contributed by atoms with Gasteiger partial charge in [0.25, 0.3) is 5.56 Å². The van der Waals surface area contributed by atoms with E-state index in [1.165, 1.54) is 32.1 Å². The van der Waals surface area contributed by atoms with Gasteiger partial charge in [0.2, 0.25) is 0 Å². The number of hydrogen-bond acceptors (Lipinski definition) is 3. The molecule has 1 N–H and O–H groups in total. The molecule has 2 heterocycles. The van der Waals surface area contributed by atoms with Crippen LogP contribution in [0.1, 0.15) is 64.2 Å². The van der Waals surface area contributed by atoms with Crippen LogP contribution in [0, 0.1) is 17.8 Å². The summed E-state index contributed by atoms with van der Waals surface area (Å²) in [5, 5.41) is 0. The molecule has 25 heavy (non-hydrogen) atoms. The fraction of sp³-hybridized carbons (Fsp3) is 0.800. The first-order chi connectivity index (χ1) is 12.1. The molecule has 1 aliphatic heterocycles. The Morgan fingerprint density at radius 1 is 0.880 bits per heavy atom. The van der Waals surface area contributed by atoms with Gasteiger partial charge in [0, 0.05) is 19.2 Å². The smallest absolute Gasteiger partial charge is 0.330 e. The Balaban J connectivity index is 1.52. The molecule has 136 valence electrons. The Labute approximate surface area is 148 Å². The van der Waals surface area contributed by atoms with Crippen LogP contribution in [0.3, 0.4) is 0 Å². The monoisotopic (exact) mass is 343 g/mol. The lowest BCUT2D eigenvalue weighted by atomic mass is 9.53. The number of H-pyrrole nitrogens is 1. The van der Waals surface area contributed by atoms with Gasteiger partial charge in [-0.3, -0.25) is 14.3 Å². The van der Waals surface area contributed by atoms with E-state index in [0.29, 0.717) is 0 Å². The van der Waals surface area contributed by atoms with Crippen LogP contribution in [-0.2, 0) is 5.54 Å². The zero-order chi connectivity index (χ0) is 17.0. The highest BCUT2D eigenvalue weighted by atomic mass is 16.2. The summed E-state index contributed by atoms with van der Waals surface area (Å²) in [6.07, 6.45) is 11.8. The molecule has 0 radical (unpaired) electrons. The highest BCUT2D eigenvalue weighted by Crippen LogP contribution is 2.58. The van der Waals surface area contributed by atoms with E-state index in [-0.39, 0.29) is 16.8 Å². The molecule has 1 aromatic heterocycles. The molecule has 0 unspecified atom stereocenters. The summed E-state index contributed by atoms with van der Waals surface area (Å²) >= 11 is 0. The summed E-state index contributed by atoms with van der Waals surface area (Å²) in [5.41, 5.74) is -0.449. The van der Waals surface area contributed by atoms with Crippen molar-refractivity contribution in [1.82, 2.24) is 9.55 Å². The number of nitrogens with one attached hydrogen (secondary N) is 1. The third-order valence-corrected chi connectivity index (χ3v) is 7.35. The molecule has 4 bridgehead atoms. The van der Waals surface area contributed by atoms with Crippen LogP contribution in [0.15, 0.2) is 15.7 Å². The van der Waals surface area contributed by atoms with Crippen molar-refractivity contribution in [3.8, 4) is 0 Å². The Morgan fingerprint density at radius 3 is 1.96 bits per heavy atom. The standard InChI is InChI=1S/C20H29N3O2/c24-18-10-17(22-5-3-1-2-4-6-22)21-19(25)23(18)20-11-14-7-15(12-20)9-16(8-14)13-20/h10,14-16H,1-9,11-13H2,(H,21,25). The van der Waals surface area contributed by atoms with Gasteiger partial charge < -0.3 is 4.90 Å². The van der Waals surface area contributed by atoms with Gasteiger partial charge in [-0.05, 0) is 69.1 Å². The maximum Gasteiger partial charge on any atom is 0.330 e. The first-order valence-corrected chi connectivity index (χ1v) is 10.2. The van der Waals surface area contributed by atoms with Gasteiger partial charge in [-0.25, -0.2) is 4.79 Å². The topological polar surface area (TPSA) is 58.1 Å². The molecule has 0 atom stereocenters. The fourth-order valence-corrected chi connectivity index (χ4v) is 6.75. The Kier molecular flexibility index (Phi) is 3.61. The maximum atomic E-state index is 13.0. The van der Waals surface area contributed by atoms with E-state index in [4.69, 9.17) is 0 Å². The van der Waals surface area contributed by atoms with E-state index in [1.807, 2.05) is 0 Å². The molecule has 4 saturated carbocycles. The molecule has 5 aliphatic rings. The molecule has 1 saturated heterocycles.